The van der Waals surface area contributed by atoms with E-state index in [1.165, 1.54) is 0 Å². The van der Waals surface area contributed by atoms with Gasteiger partial charge in [0.15, 0.2) is 0 Å². The Labute approximate surface area is 136 Å². The van der Waals surface area contributed by atoms with Crippen molar-refractivity contribution in [3.8, 4) is 17.6 Å². The molecule has 0 aliphatic heterocycles. The molecule has 0 aliphatic carbocycles. The predicted octanol–water partition coefficient (Wildman–Crippen LogP) is 3.72. The molecule has 2 rings (SSSR count). The molecule has 0 unspecified atom stereocenters. The van der Waals surface area contributed by atoms with E-state index in [9.17, 15) is 4.79 Å². The fourth-order valence-electron chi connectivity index (χ4n) is 2.11. The molecule has 0 spiro atoms. The van der Waals surface area contributed by atoms with E-state index in [-0.39, 0.29) is 6.54 Å². The van der Waals surface area contributed by atoms with Crippen molar-refractivity contribution in [2.75, 3.05) is 13.7 Å². The summed E-state index contributed by atoms with van der Waals surface area (Å²) >= 11 is 0. The van der Waals surface area contributed by atoms with Gasteiger partial charge < -0.3 is 14.8 Å². The molecule has 0 saturated carbocycles. The monoisotopic (exact) mass is 311 g/mol. The standard InChI is InChI=1S/C19H21NO3/c1-19(2,3)23-18(21)20-13-7-10-16-15-9-6-5-8-14(15)11-12-17(16)22-4/h5-6,8-9,11-12H,13H2,1-4H3,(H,20,21). The van der Waals surface area contributed by atoms with Crippen LogP contribution < -0.4 is 10.1 Å². The first-order valence-electron chi connectivity index (χ1n) is 7.42. The topological polar surface area (TPSA) is 47.6 Å². The van der Waals surface area contributed by atoms with E-state index in [0.717, 1.165) is 16.3 Å². The van der Waals surface area contributed by atoms with Crippen molar-refractivity contribution in [1.29, 1.82) is 0 Å². The number of nitrogens with one attached hydrogen (secondary N) is 1. The van der Waals surface area contributed by atoms with Crippen LogP contribution in [0, 0.1) is 11.8 Å². The molecule has 2 aromatic rings. The molecule has 0 bridgehead atoms. The van der Waals surface area contributed by atoms with Crippen molar-refractivity contribution in [2.24, 2.45) is 0 Å². The lowest BCUT2D eigenvalue weighted by Gasteiger charge is -2.19. The highest BCUT2D eigenvalue weighted by Gasteiger charge is 2.15. The summed E-state index contributed by atoms with van der Waals surface area (Å²) in [4.78, 5) is 11.6. The number of ether oxygens (including phenoxy) is 2. The third kappa shape index (κ3) is 4.65. The summed E-state index contributed by atoms with van der Waals surface area (Å²) in [6.45, 7) is 5.67. The zero-order chi connectivity index (χ0) is 16.9. The number of carbonyl (C=O) groups is 1. The molecular weight excluding hydrogens is 290 g/mol. The number of carbonyl (C=O) groups excluding carboxylic acids is 1. The smallest absolute Gasteiger partial charge is 0.408 e. The number of benzene rings is 2. The van der Waals surface area contributed by atoms with Gasteiger partial charge in [-0.2, -0.15) is 0 Å². The molecule has 4 nitrogen and oxygen atoms in total. The first-order valence-corrected chi connectivity index (χ1v) is 7.42. The van der Waals surface area contributed by atoms with Crippen molar-refractivity contribution in [1.82, 2.24) is 5.32 Å². The Balaban J connectivity index is 2.15. The van der Waals surface area contributed by atoms with Crippen molar-refractivity contribution in [2.45, 2.75) is 26.4 Å². The molecule has 23 heavy (non-hydrogen) atoms. The fourth-order valence-corrected chi connectivity index (χ4v) is 2.11. The van der Waals surface area contributed by atoms with Crippen LogP contribution in [0.5, 0.6) is 5.75 Å². The summed E-state index contributed by atoms with van der Waals surface area (Å²) in [6, 6.07) is 11.9. The highest BCUT2D eigenvalue weighted by Crippen LogP contribution is 2.26. The van der Waals surface area contributed by atoms with Crippen LogP contribution in [-0.4, -0.2) is 25.3 Å². The lowest BCUT2D eigenvalue weighted by Crippen LogP contribution is -2.32. The Morgan fingerprint density at radius 1 is 1.17 bits per heavy atom. The Morgan fingerprint density at radius 2 is 1.91 bits per heavy atom. The molecule has 2 aromatic carbocycles. The minimum Gasteiger partial charge on any atom is -0.495 e. The molecule has 0 atom stereocenters. The Hall–Kier alpha value is -2.67. The third-order valence-corrected chi connectivity index (χ3v) is 3.04. The zero-order valence-corrected chi connectivity index (χ0v) is 13.9. The van der Waals surface area contributed by atoms with Crippen LogP contribution in [0.4, 0.5) is 4.79 Å². The van der Waals surface area contributed by atoms with Crippen LogP contribution in [0.1, 0.15) is 26.3 Å². The van der Waals surface area contributed by atoms with Crippen molar-refractivity contribution in [3.63, 3.8) is 0 Å². The van der Waals surface area contributed by atoms with Crippen LogP contribution in [-0.2, 0) is 4.74 Å². The Morgan fingerprint density at radius 3 is 2.61 bits per heavy atom. The highest BCUT2D eigenvalue weighted by atomic mass is 16.6. The van der Waals surface area contributed by atoms with E-state index < -0.39 is 11.7 Å². The second-order valence-electron chi connectivity index (χ2n) is 6.02. The van der Waals surface area contributed by atoms with Crippen LogP contribution in [0.15, 0.2) is 36.4 Å². The Bertz CT molecular complexity index is 764. The van der Waals surface area contributed by atoms with Crippen LogP contribution in [0.3, 0.4) is 0 Å². The molecule has 0 aliphatic rings. The molecule has 120 valence electrons. The zero-order valence-electron chi connectivity index (χ0n) is 13.9. The minimum absolute atomic E-state index is 0.210. The quantitative estimate of drug-likeness (QED) is 0.860. The molecule has 1 N–H and O–H groups in total. The number of hydrogen-bond donors (Lipinski definition) is 1. The van der Waals surface area contributed by atoms with Gasteiger partial charge in [-0.25, -0.2) is 4.79 Å². The van der Waals surface area contributed by atoms with Gasteiger partial charge in [-0.3, -0.25) is 0 Å². The number of alkyl carbamates (subject to hydrolysis) is 1. The molecule has 0 fully saturated rings. The van der Waals surface area contributed by atoms with E-state index in [1.54, 1.807) is 7.11 Å². The maximum absolute atomic E-state index is 11.6. The number of rotatable bonds is 2. The number of amides is 1. The number of fused-ring (bicyclic) bond motifs is 1. The number of methoxy groups -OCH3 is 1. The minimum atomic E-state index is -0.517. The molecule has 0 radical (unpaired) electrons. The summed E-state index contributed by atoms with van der Waals surface area (Å²) in [7, 11) is 1.62. The van der Waals surface area contributed by atoms with Crippen molar-refractivity contribution < 1.29 is 14.3 Å². The first-order chi connectivity index (χ1) is 10.9. The lowest BCUT2D eigenvalue weighted by molar-refractivity contribution is 0.0535. The van der Waals surface area contributed by atoms with Gasteiger partial charge in [0.1, 0.15) is 11.4 Å². The van der Waals surface area contributed by atoms with Gasteiger partial charge in [0.2, 0.25) is 0 Å². The number of hydrogen-bond acceptors (Lipinski definition) is 3. The second kappa shape index (κ2) is 7.06. The normalized spacial score (nSPS) is 10.6. The van der Waals surface area contributed by atoms with E-state index in [2.05, 4.69) is 17.2 Å². The van der Waals surface area contributed by atoms with Gasteiger partial charge in [0.05, 0.1) is 19.2 Å². The fraction of sp³-hybridized carbons (Fsp3) is 0.316. The lowest BCUT2D eigenvalue weighted by atomic mass is 10.0. The van der Waals surface area contributed by atoms with Gasteiger partial charge in [0, 0.05) is 5.39 Å². The van der Waals surface area contributed by atoms with Crippen LogP contribution in [0.25, 0.3) is 10.8 Å². The first kappa shape index (κ1) is 16.7. The second-order valence-corrected chi connectivity index (χ2v) is 6.02. The van der Waals surface area contributed by atoms with Gasteiger partial charge >= 0.3 is 6.09 Å². The molecule has 1 amide bonds. The maximum Gasteiger partial charge on any atom is 0.408 e. The van der Waals surface area contributed by atoms with E-state index in [1.807, 2.05) is 57.2 Å². The maximum atomic E-state index is 11.6. The van der Waals surface area contributed by atoms with Gasteiger partial charge in [-0.1, -0.05) is 42.2 Å². The van der Waals surface area contributed by atoms with E-state index in [4.69, 9.17) is 9.47 Å². The average Bonchev–Trinajstić information content (AvgIpc) is 2.49. The Kier molecular flexibility index (Phi) is 5.13. The highest BCUT2D eigenvalue weighted by molar-refractivity contribution is 5.90. The molecule has 0 saturated heterocycles. The molecule has 4 heteroatoms. The molecule has 0 aromatic heterocycles. The van der Waals surface area contributed by atoms with E-state index in [0.29, 0.717) is 5.75 Å². The molecule has 0 heterocycles. The van der Waals surface area contributed by atoms with Gasteiger partial charge in [-0.15, -0.1) is 0 Å². The third-order valence-electron chi connectivity index (χ3n) is 3.04. The van der Waals surface area contributed by atoms with Crippen molar-refractivity contribution in [3.05, 3.63) is 42.0 Å². The summed E-state index contributed by atoms with van der Waals surface area (Å²) in [6.07, 6.45) is -0.475. The molecular formula is C19H21NO3. The van der Waals surface area contributed by atoms with Crippen LogP contribution >= 0.6 is 0 Å². The summed E-state index contributed by atoms with van der Waals surface area (Å²) in [5.74, 6) is 6.74. The van der Waals surface area contributed by atoms with Crippen molar-refractivity contribution >= 4 is 16.9 Å². The largest absolute Gasteiger partial charge is 0.495 e. The summed E-state index contributed by atoms with van der Waals surface area (Å²) < 4.78 is 10.5. The van der Waals surface area contributed by atoms with Crippen LogP contribution in [0.2, 0.25) is 0 Å². The summed E-state index contributed by atoms with van der Waals surface area (Å²) in [5.41, 5.74) is 0.299. The SMILES string of the molecule is COc1ccc2ccccc2c1C#CCNC(=O)OC(C)(C)C. The van der Waals surface area contributed by atoms with Gasteiger partial charge in [0.25, 0.3) is 0 Å². The van der Waals surface area contributed by atoms with E-state index >= 15 is 0 Å². The average molecular weight is 311 g/mol. The summed E-state index contributed by atoms with van der Waals surface area (Å²) in [5, 5.41) is 4.74. The predicted molar refractivity (Wildman–Crippen MR) is 91.6 cm³/mol. The van der Waals surface area contributed by atoms with Gasteiger partial charge in [-0.05, 0) is 32.2 Å².